The first-order chi connectivity index (χ1) is 13.3. The van der Waals surface area contributed by atoms with Crippen LogP contribution in [0.5, 0.6) is 0 Å². The largest absolute Gasteiger partial charge is 0.481 e. The number of carboxylic acid groups (broad SMARTS) is 1. The Kier molecular flexibility index (Phi) is 8.04. The molecule has 1 atom stereocenters. The van der Waals surface area contributed by atoms with Crippen molar-refractivity contribution in [2.45, 2.75) is 19.1 Å². The second-order valence-electron chi connectivity index (χ2n) is 5.68. The second kappa shape index (κ2) is 10.3. The number of carbonyl (C=O) groups is 3. The summed E-state index contributed by atoms with van der Waals surface area (Å²) in [4.78, 5) is 39.4. The maximum atomic E-state index is 13.7. The average Bonchev–Trinajstić information content (AvgIpc) is 2.63. The van der Waals surface area contributed by atoms with Crippen molar-refractivity contribution in [2.24, 2.45) is 0 Å². The number of amides is 1. The van der Waals surface area contributed by atoms with Gasteiger partial charge in [-0.1, -0.05) is 17.7 Å². The lowest BCUT2D eigenvalue weighted by atomic mass is 10.1. The Morgan fingerprint density at radius 2 is 2.07 bits per heavy atom. The minimum absolute atomic E-state index is 0.0796. The van der Waals surface area contributed by atoms with E-state index in [2.05, 4.69) is 26.2 Å². The molecule has 148 valence electrons. The van der Waals surface area contributed by atoms with Crippen LogP contribution in [0.4, 0.5) is 4.39 Å². The van der Waals surface area contributed by atoms with Gasteiger partial charge in [0.1, 0.15) is 18.5 Å². The summed E-state index contributed by atoms with van der Waals surface area (Å²) in [6.07, 6.45) is 2.12. The maximum Gasteiger partial charge on any atom is 0.305 e. The molecule has 7 nitrogen and oxygen atoms in total. The van der Waals surface area contributed by atoms with Crippen molar-refractivity contribution >= 4 is 45.2 Å². The van der Waals surface area contributed by atoms with Gasteiger partial charge in [0.2, 0.25) is 0 Å². The Morgan fingerprint density at radius 3 is 2.71 bits per heavy atom. The lowest BCUT2D eigenvalue weighted by Gasteiger charge is -2.16. The van der Waals surface area contributed by atoms with Crippen molar-refractivity contribution < 1.29 is 28.6 Å². The number of Topliss-reactive ketones (excluding diaryl/α,β-unsaturated/α-hetero) is 1. The van der Waals surface area contributed by atoms with E-state index in [1.54, 1.807) is 0 Å². The number of aliphatic carboxylic acids is 1. The highest BCUT2D eigenvalue weighted by Gasteiger charge is 2.24. The van der Waals surface area contributed by atoms with E-state index < -0.39 is 42.5 Å². The van der Waals surface area contributed by atoms with E-state index in [1.165, 1.54) is 36.7 Å². The Hall–Kier alpha value is -2.36. The molecule has 0 aliphatic carbocycles. The summed E-state index contributed by atoms with van der Waals surface area (Å²) in [6.45, 7) is -0.805. The molecule has 10 heteroatoms. The quantitative estimate of drug-likeness (QED) is 0.580. The number of carboxylic acids is 1. The van der Waals surface area contributed by atoms with E-state index in [0.717, 1.165) is 0 Å². The fourth-order valence-electron chi connectivity index (χ4n) is 2.22. The Balaban J connectivity index is 2.00. The first kappa shape index (κ1) is 21.9. The fraction of sp³-hybridized carbons (Fsp3) is 0.222. The van der Waals surface area contributed by atoms with E-state index >= 15 is 0 Å². The summed E-state index contributed by atoms with van der Waals surface area (Å²) in [7, 11) is 0. The topological polar surface area (TPSA) is 106 Å². The number of ether oxygens (including phenoxy) is 1. The van der Waals surface area contributed by atoms with Crippen molar-refractivity contribution in [1.29, 1.82) is 0 Å². The van der Waals surface area contributed by atoms with Crippen LogP contribution in [-0.4, -0.2) is 40.4 Å². The monoisotopic (exact) mass is 472 g/mol. The van der Waals surface area contributed by atoms with Crippen LogP contribution in [0.25, 0.3) is 0 Å². The predicted molar refractivity (Wildman–Crippen MR) is 102 cm³/mol. The number of benzene rings is 1. The smallest absolute Gasteiger partial charge is 0.305 e. The van der Waals surface area contributed by atoms with Gasteiger partial charge in [0, 0.05) is 27.5 Å². The molecule has 2 rings (SSSR count). The minimum Gasteiger partial charge on any atom is -0.481 e. The third-order valence-corrected chi connectivity index (χ3v) is 4.38. The van der Waals surface area contributed by atoms with E-state index in [-0.39, 0.29) is 22.8 Å². The van der Waals surface area contributed by atoms with Crippen LogP contribution >= 0.6 is 27.5 Å². The highest BCUT2D eigenvalue weighted by Crippen LogP contribution is 2.19. The van der Waals surface area contributed by atoms with Crippen LogP contribution in [0.15, 0.2) is 41.1 Å². The van der Waals surface area contributed by atoms with Crippen molar-refractivity contribution in [3.05, 3.63) is 63.1 Å². The van der Waals surface area contributed by atoms with E-state index in [0.29, 0.717) is 4.47 Å². The highest BCUT2D eigenvalue weighted by molar-refractivity contribution is 9.10. The predicted octanol–water partition coefficient (Wildman–Crippen LogP) is 3.00. The summed E-state index contributed by atoms with van der Waals surface area (Å²) in [5.41, 5.74) is 0.229. The number of nitrogens with zero attached hydrogens (tertiary/aromatic N) is 1. The van der Waals surface area contributed by atoms with Crippen LogP contribution in [-0.2, 0) is 20.9 Å². The van der Waals surface area contributed by atoms with E-state index in [1.807, 2.05) is 0 Å². The van der Waals surface area contributed by atoms with Gasteiger partial charge in [0.25, 0.3) is 5.91 Å². The highest BCUT2D eigenvalue weighted by atomic mass is 79.9. The average molecular weight is 474 g/mol. The second-order valence-corrected chi connectivity index (χ2v) is 7.00. The number of hydrogen-bond donors (Lipinski definition) is 2. The molecule has 1 aromatic carbocycles. The summed E-state index contributed by atoms with van der Waals surface area (Å²) >= 11 is 9.05. The van der Waals surface area contributed by atoms with Gasteiger partial charge in [-0.3, -0.25) is 19.4 Å². The molecule has 0 bridgehead atoms. The summed E-state index contributed by atoms with van der Waals surface area (Å²) in [6, 6.07) is 4.26. The fourth-order valence-corrected chi connectivity index (χ4v) is 2.80. The van der Waals surface area contributed by atoms with Crippen LogP contribution < -0.4 is 5.32 Å². The zero-order chi connectivity index (χ0) is 20.7. The first-order valence-corrected chi connectivity index (χ1v) is 9.11. The van der Waals surface area contributed by atoms with Crippen molar-refractivity contribution in [1.82, 2.24) is 10.3 Å². The van der Waals surface area contributed by atoms with Gasteiger partial charge in [-0.05, 0) is 34.1 Å². The lowest BCUT2D eigenvalue weighted by Crippen LogP contribution is -2.44. The zero-order valence-corrected chi connectivity index (χ0v) is 16.7. The molecule has 2 N–H and O–H groups in total. The molecule has 1 amide bonds. The molecule has 1 heterocycles. The van der Waals surface area contributed by atoms with Gasteiger partial charge in [0.15, 0.2) is 5.78 Å². The number of aromatic nitrogens is 1. The third kappa shape index (κ3) is 6.36. The van der Waals surface area contributed by atoms with Crippen LogP contribution in [0, 0.1) is 5.82 Å². The van der Waals surface area contributed by atoms with Gasteiger partial charge in [0.05, 0.1) is 18.6 Å². The van der Waals surface area contributed by atoms with Crippen molar-refractivity contribution in [2.75, 3.05) is 6.61 Å². The Morgan fingerprint density at radius 1 is 1.32 bits per heavy atom. The van der Waals surface area contributed by atoms with Crippen molar-refractivity contribution in [3.63, 3.8) is 0 Å². The first-order valence-electron chi connectivity index (χ1n) is 7.94. The number of hydrogen-bond acceptors (Lipinski definition) is 5. The maximum absolute atomic E-state index is 13.7. The number of pyridine rings is 1. The molecule has 0 aliphatic rings. The molecule has 0 spiro atoms. The normalized spacial score (nSPS) is 11.7. The molecule has 0 saturated heterocycles. The minimum atomic E-state index is -1.32. The molecule has 0 saturated carbocycles. The SMILES string of the molecule is O=C(O)C[C@H](NC(=O)c1cncc(Br)c1)C(=O)COCc1c(F)cccc1Cl. The number of nitrogens with one attached hydrogen (secondary N) is 1. The molecular weight excluding hydrogens is 459 g/mol. The van der Waals surface area contributed by atoms with Gasteiger partial charge < -0.3 is 15.2 Å². The molecule has 0 unspecified atom stereocenters. The van der Waals surface area contributed by atoms with E-state index in [4.69, 9.17) is 21.4 Å². The molecule has 0 fully saturated rings. The molecule has 1 aromatic heterocycles. The Bertz CT molecular complexity index is 876. The van der Waals surface area contributed by atoms with Gasteiger partial charge in [-0.15, -0.1) is 0 Å². The Labute approximate surface area is 173 Å². The summed E-state index contributed by atoms with van der Waals surface area (Å²) in [5, 5.41) is 11.5. The van der Waals surface area contributed by atoms with E-state index in [9.17, 15) is 18.8 Å². The van der Waals surface area contributed by atoms with Gasteiger partial charge in [-0.25, -0.2) is 4.39 Å². The van der Waals surface area contributed by atoms with Crippen LogP contribution in [0.1, 0.15) is 22.3 Å². The lowest BCUT2D eigenvalue weighted by molar-refractivity contribution is -0.140. The molecule has 2 aromatic rings. The number of halogens is 3. The van der Waals surface area contributed by atoms with Gasteiger partial charge >= 0.3 is 5.97 Å². The number of carbonyl (C=O) groups excluding carboxylic acids is 2. The molecule has 0 radical (unpaired) electrons. The summed E-state index contributed by atoms with van der Waals surface area (Å²) in [5.74, 6) is -3.20. The molecule has 0 aliphatic heterocycles. The van der Waals surface area contributed by atoms with Crippen LogP contribution in [0.3, 0.4) is 0 Å². The summed E-state index contributed by atoms with van der Waals surface area (Å²) < 4.78 is 19.4. The van der Waals surface area contributed by atoms with Crippen LogP contribution in [0.2, 0.25) is 5.02 Å². The molecule has 28 heavy (non-hydrogen) atoms. The van der Waals surface area contributed by atoms with Gasteiger partial charge in [-0.2, -0.15) is 0 Å². The standard InChI is InChI=1S/C18H15BrClFN2O5/c19-11-4-10(6-22-7-11)18(27)23-15(5-17(25)26)16(24)9-28-8-12-13(20)2-1-3-14(12)21/h1-4,6-7,15H,5,8-9H2,(H,23,27)(H,25,26)/t15-/m0/s1. The zero-order valence-electron chi connectivity index (χ0n) is 14.3. The third-order valence-electron chi connectivity index (χ3n) is 3.59. The molecular formula is C18H15BrClFN2O5. The van der Waals surface area contributed by atoms with Crippen molar-refractivity contribution in [3.8, 4) is 0 Å². The number of rotatable bonds is 9. The number of ketones is 1.